The standard InChI is InChI=1S/C23H20FNO7/c1-12-7-17(26)21(23(28)32-12)16(10-20(27)25-15-5-3-14(24)4-6-15)13-8-18(29-2)22-19(9-13)30-11-31-22/h3-9,16,26H,10-11H2,1-2H3,(H,25,27). The Hall–Kier alpha value is -4.01. The van der Waals surface area contributed by atoms with Gasteiger partial charge in [-0.3, -0.25) is 4.79 Å². The van der Waals surface area contributed by atoms with Gasteiger partial charge in [-0.15, -0.1) is 0 Å². The minimum absolute atomic E-state index is 0.00276. The van der Waals surface area contributed by atoms with E-state index in [9.17, 15) is 19.1 Å². The summed E-state index contributed by atoms with van der Waals surface area (Å²) in [6.45, 7) is 1.54. The van der Waals surface area contributed by atoms with Crippen molar-refractivity contribution in [2.45, 2.75) is 19.3 Å². The highest BCUT2D eigenvalue weighted by molar-refractivity contribution is 5.91. The number of fused-ring (bicyclic) bond motifs is 1. The van der Waals surface area contributed by atoms with Crippen LogP contribution in [-0.4, -0.2) is 24.9 Å². The molecule has 1 aromatic heterocycles. The second-order valence-electron chi connectivity index (χ2n) is 7.21. The molecule has 0 fully saturated rings. The fraction of sp³-hybridized carbons (Fsp3) is 0.217. The van der Waals surface area contributed by atoms with Crippen LogP contribution in [0, 0.1) is 12.7 Å². The molecule has 8 nitrogen and oxygen atoms in total. The molecule has 0 spiro atoms. The van der Waals surface area contributed by atoms with E-state index in [-0.39, 0.29) is 30.3 Å². The zero-order valence-electron chi connectivity index (χ0n) is 17.3. The van der Waals surface area contributed by atoms with Gasteiger partial charge in [0, 0.05) is 24.1 Å². The molecule has 2 heterocycles. The van der Waals surface area contributed by atoms with Crippen LogP contribution in [0.1, 0.15) is 29.2 Å². The maximum Gasteiger partial charge on any atom is 0.343 e. The first-order chi connectivity index (χ1) is 15.4. The second kappa shape index (κ2) is 8.62. The van der Waals surface area contributed by atoms with Crippen LogP contribution in [0.5, 0.6) is 23.0 Å². The SMILES string of the molecule is COc1cc(C(CC(=O)Nc2ccc(F)cc2)c2c(O)cc(C)oc2=O)cc2c1OCO2. The van der Waals surface area contributed by atoms with Crippen LogP contribution < -0.4 is 25.2 Å². The Bertz CT molecular complexity index is 1220. The van der Waals surface area contributed by atoms with Crippen LogP contribution in [0.3, 0.4) is 0 Å². The fourth-order valence-corrected chi connectivity index (χ4v) is 3.59. The lowest BCUT2D eigenvalue weighted by Crippen LogP contribution is -2.21. The molecule has 0 saturated carbocycles. The number of aromatic hydroxyl groups is 1. The van der Waals surface area contributed by atoms with Gasteiger partial charge >= 0.3 is 5.63 Å². The van der Waals surface area contributed by atoms with Crippen molar-refractivity contribution in [3.63, 3.8) is 0 Å². The first kappa shape index (κ1) is 21.2. The third-order valence-corrected chi connectivity index (χ3v) is 5.04. The molecule has 2 aromatic carbocycles. The highest BCUT2D eigenvalue weighted by Gasteiger charge is 2.29. The van der Waals surface area contributed by atoms with Crippen molar-refractivity contribution in [3.05, 3.63) is 75.6 Å². The average molecular weight is 441 g/mol. The van der Waals surface area contributed by atoms with Gasteiger partial charge in [0.15, 0.2) is 11.5 Å². The van der Waals surface area contributed by atoms with E-state index in [0.29, 0.717) is 28.5 Å². The predicted molar refractivity (Wildman–Crippen MR) is 112 cm³/mol. The van der Waals surface area contributed by atoms with Crippen molar-refractivity contribution in [2.24, 2.45) is 0 Å². The van der Waals surface area contributed by atoms with Crippen LogP contribution in [0.4, 0.5) is 10.1 Å². The molecule has 0 aliphatic carbocycles. The lowest BCUT2D eigenvalue weighted by Gasteiger charge is -2.19. The van der Waals surface area contributed by atoms with Gasteiger partial charge in [-0.05, 0) is 48.9 Å². The van der Waals surface area contributed by atoms with Crippen LogP contribution in [-0.2, 0) is 4.79 Å². The number of methoxy groups -OCH3 is 1. The molecular weight excluding hydrogens is 421 g/mol. The van der Waals surface area contributed by atoms with Gasteiger partial charge in [-0.25, -0.2) is 9.18 Å². The number of hydrogen-bond donors (Lipinski definition) is 2. The van der Waals surface area contributed by atoms with Gasteiger partial charge < -0.3 is 29.1 Å². The van der Waals surface area contributed by atoms with E-state index >= 15 is 0 Å². The summed E-state index contributed by atoms with van der Waals surface area (Å²) in [5.41, 5.74) is 0.0230. The van der Waals surface area contributed by atoms with Gasteiger partial charge in [-0.1, -0.05) is 0 Å². The third kappa shape index (κ3) is 4.22. The van der Waals surface area contributed by atoms with Gasteiger partial charge in [0.2, 0.25) is 18.4 Å². The minimum atomic E-state index is -0.893. The number of halogens is 1. The number of rotatable bonds is 6. The predicted octanol–water partition coefficient (Wildman–Crippen LogP) is 3.69. The fourth-order valence-electron chi connectivity index (χ4n) is 3.59. The summed E-state index contributed by atoms with van der Waals surface area (Å²) >= 11 is 0. The summed E-state index contributed by atoms with van der Waals surface area (Å²) in [5, 5.41) is 13.2. The highest BCUT2D eigenvalue weighted by atomic mass is 19.1. The summed E-state index contributed by atoms with van der Waals surface area (Å²) in [6.07, 6.45) is -0.221. The molecule has 1 aliphatic rings. The molecule has 0 bridgehead atoms. The smallest absolute Gasteiger partial charge is 0.343 e. The minimum Gasteiger partial charge on any atom is -0.507 e. The van der Waals surface area contributed by atoms with Crippen molar-refractivity contribution < 1.29 is 32.9 Å². The molecule has 1 aliphatic heterocycles. The normalized spacial score (nSPS) is 13.0. The molecule has 2 N–H and O–H groups in total. The van der Waals surface area contributed by atoms with Crippen LogP contribution in [0.25, 0.3) is 0 Å². The zero-order valence-corrected chi connectivity index (χ0v) is 17.3. The number of anilines is 1. The maximum atomic E-state index is 13.2. The average Bonchev–Trinajstić information content (AvgIpc) is 3.22. The molecule has 3 aromatic rings. The topological polar surface area (TPSA) is 107 Å². The Labute approximate surface area is 182 Å². The van der Waals surface area contributed by atoms with Crippen molar-refractivity contribution in [1.29, 1.82) is 0 Å². The van der Waals surface area contributed by atoms with E-state index in [1.165, 1.54) is 44.4 Å². The largest absolute Gasteiger partial charge is 0.507 e. The highest BCUT2D eigenvalue weighted by Crippen LogP contribution is 2.45. The Kier molecular flexibility index (Phi) is 5.72. The van der Waals surface area contributed by atoms with Crippen molar-refractivity contribution in [1.82, 2.24) is 0 Å². The lowest BCUT2D eigenvalue weighted by molar-refractivity contribution is -0.116. The van der Waals surface area contributed by atoms with E-state index in [0.717, 1.165) is 0 Å². The number of hydrogen-bond acceptors (Lipinski definition) is 7. The molecule has 1 amide bonds. The first-order valence-corrected chi connectivity index (χ1v) is 9.72. The molecule has 0 saturated heterocycles. The summed E-state index contributed by atoms with van der Waals surface area (Å²) in [6, 6.07) is 9.83. The van der Waals surface area contributed by atoms with Gasteiger partial charge in [0.1, 0.15) is 17.3 Å². The molecular formula is C23H20FNO7. The molecule has 166 valence electrons. The van der Waals surface area contributed by atoms with Crippen LogP contribution >= 0.6 is 0 Å². The summed E-state index contributed by atoms with van der Waals surface area (Å²) in [7, 11) is 1.45. The molecule has 9 heteroatoms. The van der Waals surface area contributed by atoms with Crippen molar-refractivity contribution >= 4 is 11.6 Å². The molecule has 0 radical (unpaired) electrons. The monoisotopic (exact) mass is 441 g/mol. The van der Waals surface area contributed by atoms with Crippen LogP contribution in [0.2, 0.25) is 0 Å². The van der Waals surface area contributed by atoms with E-state index in [1.54, 1.807) is 12.1 Å². The van der Waals surface area contributed by atoms with Gasteiger partial charge in [0.05, 0.1) is 12.7 Å². The number of aryl methyl sites for hydroxylation is 1. The van der Waals surface area contributed by atoms with Crippen molar-refractivity contribution in [2.75, 3.05) is 19.2 Å². The molecule has 4 rings (SSSR count). The Morgan fingerprint density at radius 1 is 1.22 bits per heavy atom. The number of nitrogens with one attached hydrogen (secondary N) is 1. The number of carbonyl (C=O) groups excluding carboxylic acids is 1. The Morgan fingerprint density at radius 2 is 1.97 bits per heavy atom. The Balaban J connectivity index is 1.75. The van der Waals surface area contributed by atoms with E-state index in [4.69, 9.17) is 18.6 Å². The lowest BCUT2D eigenvalue weighted by atomic mass is 9.88. The maximum absolute atomic E-state index is 13.2. The Morgan fingerprint density at radius 3 is 2.66 bits per heavy atom. The molecule has 1 unspecified atom stereocenters. The zero-order chi connectivity index (χ0) is 22.8. The third-order valence-electron chi connectivity index (χ3n) is 5.04. The number of ether oxygens (including phenoxy) is 3. The van der Waals surface area contributed by atoms with Crippen LogP contribution in [0.15, 0.2) is 51.7 Å². The summed E-state index contributed by atoms with van der Waals surface area (Å²) in [4.78, 5) is 25.5. The second-order valence-corrected chi connectivity index (χ2v) is 7.21. The van der Waals surface area contributed by atoms with E-state index < -0.39 is 23.3 Å². The quantitative estimate of drug-likeness (QED) is 0.601. The number of benzene rings is 2. The summed E-state index contributed by atoms with van der Waals surface area (Å²) in [5.74, 6) is -0.701. The number of carbonyl (C=O) groups is 1. The van der Waals surface area contributed by atoms with Gasteiger partial charge in [-0.2, -0.15) is 0 Å². The molecule has 1 atom stereocenters. The first-order valence-electron chi connectivity index (χ1n) is 9.72. The van der Waals surface area contributed by atoms with E-state index in [2.05, 4.69) is 5.32 Å². The summed E-state index contributed by atoms with van der Waals surface area (Å²) < 4.78 is 34.6. The van der Waals surface area contributed by atoms with E-state index in [1.807, 2.05) is 0 Å². The van der Waals surface area contributed by atoms with Crippen molar-refractivity contribution in [3.8, 4) is 23.0 Å². The molecule has 32 heavy (non-hydrogen) atoms. The van der Waals surface area contributed by atoms with Gasteiger partial charge in [0.25, 0.3) is 0 Å². The number of amides is 1.